The van der Waals surface area contributed by atoms with Gasteiger partial charge in [0.2, 0.25) is 0 Å². The van der Waals surface area contributed by atoms with E-state index in [2.05, 4.69) is 58.1 Å². The molecule has 0 spiro atoms. The minimum Gasteiger partial charge on any atom is -0.355 e. The van der Waals surface area contributed by atoms with E-state index < -0.39 is 0 Å². The van der Waals surface area contributed by atoms with Gasteiger partial charge < -0.3 is 10.2 Å². The number of hydrogen-bond acceptors (Lipinski definition) is 4. The standard InChI is InChI=1S/C16H21N3S/c1-12-7-14(9-17-15-3-4-15)8-16(18-12)19(2)10-13-5-6-20-11-13/h5-8,11,15,17H,3-4,9-10H2,1-2H3. The number of aryl methyl sites for hydroxylation is 1. The van der Waals surface area contributed by atoms with Crippen molar-refractivity contribution in [1.82, 2.24) is 10.3 Å². The summed E-state index contributed by atoms with van der Waals surface area (Å²) >= 11 is 1.74. The monoisotopic (exact) mass is 287 g/mol. The van der Waals surface area contributed by atoms with Gasteiger partial charge in [-0.15, -0.1) is 0 Å². The molecule has 0 aliphatic heterocycles. The number of aromatic nitrogens is 1. The first-order valence-electron chi connectivity index (χ1n) is 7.14. The first kappa shape index (κ1) is 13.6. The summed E-state index contributed by atoms with van der Waals surface area (Å²) in [6.45, 7) is 3.94. The molecule has 3 rings (SSSR count). The fourth-order valence-corrected chi connectivity index (χ4v) is 2.97. The van der Waals surface area contributed by atoms with Crippen molar-refractivity contribution >= 4 is 17.2 Å². The van der Waals surface area contributed by atoms with Gasteiger partial charge in [-0.1, -0.05) is 0 Å². The summed E-state index contributed by atoms with van der Waals surface area (Å²) in [7, 11) is 2.11. The van der Waals surface area contributed by atoms with Gasteiger partial charge in [0.25, 0.3) is 0 Å². The Hall–Kier alpha value is -1.39. The summed E-state index contributed by atoms with van der Waals surface area (Å²) in [5.74, 6) is 1.06. The van der Waals surface area contributed by atoms with Crippen molar-refractivity contribution in [2.75, 3.05) is 11.9 Å². The van der Waals surface area contributed by atoms with E-state index in [0.717, 1.165) is 30.6 Å². The Morgan fingerprint density at radius 2 is 2.20 bits per heavy atom. The number of nitrogens with zero attached hydrogens (tertiary/aromatic N) is 2. The molecule has 0 amide bonds. The summed E-state index contributed by atoms with van der Waals surface area (Å²) < 4.78 is 0. The Morgan fingerprint density at radius 3 is 2.90 bits per heavy atom. The Kier molecular flexibility index (Phi) is 4.03. The van der Waals surface area contributed by atoms with Crippen LogP contribution in [0.5, 0.6) is 0 Å². The Morgan fingerprint density at radius 1 is 1.35 bits per heavy atom. The lowest BCUT2D eigenvalue weighted by Crippen LogP contribution is -2.19. The molecule has 2 aromatic rings. The molecule has 0 atom stereocenters. The number of hydrogen-bond donors (Lipinski definition) is 1. The predicted molar refractivity (Wildman–Crippen MR) is 85.3 cm³/mol. The number of thiophene rings is 1. The Balaban J connectivity index is 1.70. The minimum atomic E-state index is 0.746. The van der Waals surface area contributed by atoms with Crippen molar-refractivity contribution in [3.8, 4) is 0 Å². The second-order valence-corrected chi connectivity index (χ2v) is 6.40. The van der Waals surface area contributed by atoms with Crippen molar-refractivity contribution in [2.45, 2.75) is 38.9 Å². The number of nitrogens with one attached hydrogen (secondary N) is 1. The van der Waals surface area contributed by atoms with Crippen LogP contribution in [-0.2, 0) is 13.1 Å². The molecule has 106 valence electrons. The quantitative estimate of drug-likeness (QED) is 0.883. The average molecular weight is 287 g/mol. The maximum Gasteiger partial charge on any atom is 0.129 e. The number of pyridine rings is 1. The maximum atomic E-state index is 4.66. The summed E-state index contributed by atoms with van der Waals surface area (Å²) in [5, 5.41) is 7.89. The zero-order valence-corrected chi connectivity index (χ0v) is 12.9. The molecule has 4 heteroatoms. The second kappa shape index (κ2) is 5.94. The molecule has 1 fully saturated rings. The highest BCUT2D eigenvalue weighted by molar-refractivity contribution is 7.07. The molecule has 1 aliphatic rings. The van der Waals surface area contributed by atoms with Crippen LogP contribution in [0.25, 0.3) is 0 Å². The Labute approximate surface area is 124 Å². The van der Waals surface area contributed by atoms with Crippen LogP contribution in [0, 0.1) is 6.92 Å². The van der Waals surface area contributed by atoms with Crippen molar-refractivity contribution in [2.24, 2.45) is 0 Å². The molecule has 0 radical (unpaired) electrons. The predicted octanol–water partition coefficient (Wildman–Crippen LogP) is 3.34. The van der Waals surface area contributed by atoms with Crippen LogP contribution >= 0.6 is 11.3 Å². The lowest BCUT2D eigenvalue weighted by Gasteiger charge is -2.19. The molecule has 20 heavy (non-hydrogen) atoms. The Bertz CT molecular complexity index is 561. The zero-order chi connectivity index (χ0) is 13.9. The molecule has 0 aromatic carbocycles. The highest BCUT2D eigenvalue weighted by Gasteiger charge is 2.20. The summed E-state index contributed by atoms with van der Waals surface area (Å²) in [5.41, 5.74) is 3.77. The first-order chi connectivity index (χ1) is 9.70. The van der Waals surface area contributed by atoms with Gasteiger partial charge in [-0.2, -0.15) is 11.3 Å². The van der Waals surface area contributed by atoms with Gasteiger partial charge in [-0.3, -0.25) is 0 Å². The van der Waals surface area contributed by atoms with Crippen molar-refractivity contribution < 1.29 is 0 Å². The third kappa shape index (κ3) is 3.58. The SMILES string of the molecule is Cc1cc(CNC2CC2)cc(N(C)Cc2ccsc2)n1. The lowest BCUT2D eigenvalue weighted by atomic mass is 10.2. The van der Waals surface area contributed by atoms with E-state index in [1.54, 1.807) is 11.3 Å². The van der Waals surface area contributed by atoms with E-state index >= 15 is 0 Å². The molecule has 0 saturated heterocycles. The van der Waals surface area contributed by atoms with Gasteiger partial charge in [0.15, 0.2) is 0 Å². The summed E-state index contributed by atoms with van der Waals surface area (Å²) in [4.78, 5) is 6.88. The van der Waals surface area contributed by atoms with Crippen molar-refractivity contribution in [1.29, 1.82) is 0 Å². The van der Waals surface area contributed by atoms with E-state index in [9.17, 15) is 0 Å². The third-order valence-electron chi connectivity index (χ3n) is 3.56. The first-order valence-corrected chi connectivity index (χ1v) is 8.08. The van der Waals surface area contributed by atoms with Crippen molar-refractivity contribution in [3.63, 3.8) is 0 Å². The van der Waals surface area contributed by atoms with E-state index in [-0.39, 0.29) is 0 Å². The minimum absolute atomic E-state index is 0.746. The number of anilines is 1. The van der Waals surface area contributed by atoms with E-state index in [0.29, 0.717) is 0 Å². The van der Waals surface area contributed by atoms with Crippen LogP contribution in [0.4, 0.5) is 5.82 Å². The average Bonchev–Trinajstić information content (AvgIpc) is 3.12. The molecule has 2 aromatic heterocycles. The maximum absolute atomic E-state index is 4.66. The van der Waals surface area contributed by atoms with Gasteiger partial charge in [0.05, 0.1) is 0 Å². The second-order valence-electron chi connectivity index (χ2n) is 5.62. The largest absolute Gasteiger partial charge is 0.355 e. The molecule has 3 nitrogen and oxygen atoms in total. The van der Waals surface area contributed by atoms with Crippen LogP contribution in [0.2, 0.25) is 0 Å². The zero-order valence-electron chi connectivity index (χ0n) is 12.1. The van der Waals surface area contributed by atoms with Crippen LogP contribution in [-0.4, -0.2) is 18.1 Å². The van der Waals surface area contributed by atoms with Crippen LogP contribution < -0.4 is 10.2 Å². The van der Waals surface area contributed by atoms with Crippen molar-refractivity contribution in [3.05, 3.63) is 45.8 Å². The smallest absolute Gasteiger partial charge is 0.129 e. The molecule has 0 bridgehead atoms. The fourth-order valence-electron chi connectivity index (χ4n) is 2.31. The van der Waals surface area contributed by atoms with E-state index in [1.165, 1.54) is 24.0 Å². The topological polar surface area (TPSA) is 28.2 Å². The highest BCUT2D eigenvalue weighted by Crippen LogP contribution is 2.21. The third-order valence-corrected chi connectivity index (χ3v) is 4.29. The number of rotatable bonds is 6. The van der Waals surface area contributed by atoms with Gasteiger partial charge in [-0.05, 0) is 59.9 Å². The molecule has 2 heterocycles. The highest BCUT2D eigenvalue weighted by atomic mass is 32.1. The van der Waals surface area contributed by atoms with E-state index in [1.807, 2.05) is 0 Å². The molecule has 1 aliphatic carbocycles. The summed E-state index contributed by atoms with van der Waals surface area (Å²) in [6, 6.07) is 7.30. The molecule has 1 N–H and O–H groups in total. The van der Waals surface area contributed by atoms with Gasteiger partial charge in [0, 0.05) is 31.9 Å². The van der Waals surface area contributed by atoms with Crippen LogP contribution in [0.15, 0.2) is 29.0 Å². The summed E-state index contributed by atoms with van der Waals surface area (Å²) in [6.07, 6.45) is 2.66. The van der Waals surface area contributed by atoms with Gasteiger partial charge >= 0.3 is 0 Å². The van der Waals surface area contributed by atoms with E-state index in [4.69, 9.17) is 0 Å². The molecule has 1 saturated carbocycles. The van der Waals surface area contributed by atoms with Crippen LogP contribution in [0.1, 0.15) is 29.7 Å². The molecular formula is C16H21N3S. The molecular weight excluding hydrogens is 266 g/mol. The fraction of sp³-hybridized carbons (Fsp3) is 0.438. The van der Waals surface area contributed by atoms with Crippen LogP contribution in [0.3, 0.4) is 0 Å². The normalized spacial score (nSPS) is 14.5. The lowest BCUT2D eigenvalue weighted by molar-refractivity contribution is 0.686. The van der Waals surface area contributed by atoms with Gasteiger partial charge in [-0.25, -0.2) is 4.98 Å². The van der Waals surface area contributed by atoms with Gasteiger partial charge in [0.1, 0.15) is 5.82 Å². The molecule has 0 unspecified atom stereocenters.